The molecule has 13 heavy (non-hydrogen) atoms. The normalized spacial score (nSPS) is 9.69. The van der Waals surface area contributed by atoms with Gasteiger partial charge in [-0.15, -0.1) is 6.58 Å². The van der Waals surface area contributed by atoms with E-state index in [4.69, 9.17) is 9.84 Å². The molecule has 0 fully saturated rings. The minimum absolute atomic E-state index is 0.150. The highest BCUT2D eigenvalue weighted by molar-refractivity contribution is 5.43. The Kier molecular flexibility index (Phi) is 2.90. The minimum Gasteiger partial charge on any atom is -0.502 e. The van der Waals surface area contributed by atoms with Gasteiger partial charge >= 0.3 is 0 Å². The Morgan fingerprint density at radius 1 is 1.62 bits per heavy atom. The lowest BCUT2D eigenvalue weighted by atomic mass is 10.1. The second kappa shape index (κ2) is 3.94. The van der Waals surface area contributed by atoms with E-state index in [9.17, 15) is 4.39 Å². The molecule has 0 unspecified atom stereocenters. The fraction of sp³-hybridized carbons (Fsp3) is 0.200. The summed E-state index contributed by atoms with van der Waals surface area (Å²) < 4.78 is 17.8. The topological polar surface area (TPSA) is 29.5 Å². The lowest BCUT2D eigenvalue weighted by molar-refractivity contribution is 0.356. The summed E-state index contributed by atoms with van der Waals surface area (Å²) in [4.78, 5) is 0. The number of ether oxygens (including phenoxy) is 1. The Bertz CT molecular complexity index is 321. The van der Waals surface area contributed by atoms with Crippen molar-refractivity contribution in [2.45, 2.75) is 6.42 Å². The van der Waals surface area contributed by atoms with E-state index < -0.39 is 11.6 Å². The zero-order valence-corrected chi connectivity index (χ0v) is 7.38. The van der Waals surface area contributed by atoms with Crippen LogP contribution in [0.4, 0.5) is 4.39 Å². The number of hydrogen-bond donors (Lipinski definition) is 1. The molecule has 0 saturated heterocycles. The molecular weight excluding hydrogens is 171 g/mol. The van der Waals surface area contributed by atoms with E-state index >= 15 is 0 Å². The van der Waals surface area contributed by atoms with Gasteiger partial charge in [-0.05, 0) is 24.1 Å². The van der Waals surface area contributed by atoms with Crippen LogP contribution in [-0.4, -0.2) is 12.2 Å². The van der Waals surface area contributed by atoms with Crippen LogP contribution in [0.3, 0.4) is 0 Å². The summed E-state index contributed by atoms with van der Waals surface area (Å²) in [6.07, 6.45) is 2.21. The summed E-state index contributed by atoms with van der Waals surface area (Å²) in [5.41, 5.74) is 0.724. The van der Waals surface area contributed by atoms with Gasteiger partial charge in [0.15, 0.2) is 17.3 Å². The van der Waals surface area contributed by atoms with Gasteiger partial charge in [-0.1, -0.05) is 6.08 Å². The summed E-state index contributed by atoms with van der Waals surface area (Å²) in [6.45, 7) is 3.54. The van der Waals surface area contributed by atoms with Crippen LogP contribution in [0, 0.1) is 5.82 Å². The van der Waals surface area contributed by atoms with Crippen LogP contribution in [0.1, 0.15) is 5.56 Å². The first-order valence-corrected chi connectivity index (χ1v) is 3.85. The van der Waals surface area contributed by atoms with Crippen LogP contribution in [0.15, 0.2) is 24.8 Å². The second-order valence-corrected chi connectivity index (χ2v) is 2.62. The minimum atomic E-state index is -0.670. The molecule has 0 aromatic heterocycles. The SMILES string of the molecule is C=CCc1cc(F)c(O)c(OC)c1. The monoisotopic (exact) mass is 182 g/mol. The zero-order valence-electron chi connectivity index (χ0n) is 7.38. The predicted molar refractivity (Wildman–Crippen MR) is 48.5 cm³/mol. The molecule has 1 aromatic carbocycles. The van der Waals surface area contributed by atoms with Gasteiger partial charge < -0.3 is 9.84 Å². The Balaban J connectivity index is 3.13. The van der Waals surface area contributed by atoms with E-state index in [1.54, 1.807) is 12.1 Å². The van der Waals surface area contributed by atoms with Crippen LogP contribution >= 0.6 is 0 Å². The molecule has 1 aromatic rings. The number of allylic oxidation sites excluding steroid dienone is 1. The van der Waals surface area contributed by atoms with Gasteiger partial charge in [0.25, 0.3) is 0 Å². The van der Waals surface area contributed by atoms with Crippen molar-refractivity contribution >= 4 is 0 Å². The van der Waals surface area contributed by atoms with Crippen molar-refractivity contribution in [1.82, 2.24) is 0 Å². The second-order valence-electron chi connectivity index (χ2n) is 2.62. The highest BCUT2D eigenvalue weighted by Gasteiger charge is 2.08. The lowest BCUT2D eigenvalue weighted by Gasteiger charge is -2.06. The average Bonchev–Trinajstić information content (AvgIpc) is 2.11. The third-order valence-corrected chi connectivity index (χ3v) is 1.69. The van der Waals surface area contributed by atoms with E-state index in [1.807, 2.05) is 0 Å². The van der Waals surface area contributed by atoms with Gasteiger partial charge in [-0.25, -0.2) is 4.39 Å². The summed E-state index contributed by atoms with van der Waals surface area (Å²) >= 11 is 0. The molecule has 0 heterocycles. The highest BCUT2D eigenvalue weighted by atomic mass is 19.1. The summed E-state index contributed by atoms with van der Waals surface area (Å²) in [7, 11) is 1.38. The fourth-order valence-corrected chi connectivity index (χ4v) is 1.07. The molecule has 1 N–H and O–H groups in total. The van der Waals surface area contributed by atoms with Crippen molar-refractivity contribution in [2.75, 3.05) is 7.11 Å². The molecule has 0 bridgehead atoms. The predicted octanol–water partition coefficient (Wildman–Crippen LogP) is 2.27. The molecule has 0 radical (unpaired) electrons. The first-order valence-electron chi connectivity index (χ1n) is 3.85. The summed E-state index contributed by atoms with van der Waals surface area (Å²) in [6, 6.07) is 2.85. The number of aromatic hydroxyl groups is 1. The van der Waals surface area contributed by atoms with Crippen LogP contribution in [0.25, 0.3) is 0 Å². The number of hydrogen-bond acceptors (Lipinski definition) is 2. The average molecular weight is 182 g/mol. The van der Waals surface area contributed by atoms with E-state index in [0.29, 0.717) is 6.42 Å². The van der Waals surface area contributed by atoms with E-state index in [-0.39, 0.29) is 5.75 Å². The number of benzene rings is 1. The van der Waals surface area contributed by atoms with Crippen LogP contribution < -0.4 is 4.74 Å². The van der Waals surface area contributed by atoms with Crippen molar-refractivity contribution < 1.29 is 14.2 Å². The van der Waals surface area contributed by atoms with Crippen LogP contribution in [-0.2, 0) is 6.42 Å². The maximum atomic E-state index is 13.0. The Morgan fingerprint density at radius 3 is 2.85 bits per heavy atom. The van der Waals surface area contributed by atoms with Gasteiger partial charge in [-0.3, -0.25) is 0 Å². The van der Waals surface area contributed by atoms with Gasteiger partial charge in [0.2, 0.25) is 0 Å². The van der Waals surface area contributed by atoms with Crippen molar-refractivity contribution in [3.63, 3.8) is 0 Å². The maximum Gasteiger partial charge on any atom is 0.194 e. The first kappa shape index (κ1) is 9.58. The molecule has 0 atom stereocenters. The number of halogens is 1. The molecule has 0 spiro atoms. The van der Waals surface area contributed by atoms with Crippen LogP contribution in [0.2, 0.25) is 0 Å². The largest absolute Gasteiger partial charge is 0.502 e. The molecule has 0 saturated carbocycles. The molecule has 70 valence electrons. The van der Waals surface area contributed by atoms with Gasteiger partial charge in [0, 0.05) is 0 Å². The first-order chi connectivity index (χ1) is 6.19. The molecule has 0 aliphatic rings. The standard InChI is InChI=1S/C10H11FO2/c1-3-4-7-5-8(11)10(12)9(6-7)13-2/h3,5-6,12H,1,4H2,2H3. The number of rotatable bonds is 3. The number of methoxy groups -OCH3 is 1. The van der Waals surface area contributed by atoms with E-state index in [0.717, 1.165) is 5.56 Å². The van der Waals surface area contributed by atoms with Crippen molar-refractivity contribution in [3.8, 4) is 11.5 Å². The Hall–Kier alpha value is -1.51. The van der Waals surface area contributed by atoms with Gasteiger partial charge in [0.05, 0.1) is 7.11 Å². The molecule has 0 aliphatic heterocycles. The molecule has 2 nitrogen and oxygen atoms in total. The maximum absolute atomic E-state index is 13.0. The molecule has 0 amide bonds. The summed E-state index contributed by atoms with van der Waals surface area (Å²) in [5, 5.41) is 9.16. The number of phenols is 1. The molecule has 1 rings (SSSR count). The number of phenolic OH excluding ortho intramolecular Hbond substituents is 1. The van der Waals surface area contributed by atoms with Gasteiger partial charge in [-0.2, -0.15) is 0 Å². The molecule has 3 heteroatoms. The molecular formula is C10H11FO2. The highest BCUT2D eigenvalue weighted by Crippen LogP contribution is 2.30. The lowest BCUT2D eigenvalue weighted by Crippen LogP contribution is -1.90. The molecule has 0 aliphatic carbocycles. The quantitative estimate of drug-likeness (QED) is 0.726. The van der Waals surface area contributed by atoms with Gasteiger partial charge in [0.1, 0.15) is 0 Å². The fourth-order valence-electron chi connectivity index (χ4n) is 1.07. The van der Waals surface area contributed by atoms with Crippen molar-refractivity contribution in [3.05, 3.63) is 36.2 Å². The summed E-state index contributed by atoms with van der Waals surface area (Å²) in [5.74, 6) is -0.969. The van der Waals surface area contributed by atoms with Crippen molar-refractivity contribution in [1.29, 1.82) is 0 Å². The Morgan fingerprint density at radius 2 is 2.31 bits per heavy atom. The van der Waals surface area contributed by atoms with E-state index in [2.05, 4.69) is 6.58 Å². The zero-order chi connectivity index (χ0) is 9.84. The third kappa shape index (κ3) is 1.99. The van der Waals surface area contributed by atoms with Crippen LogP contribution in [0.5, 0.6) is 11.5 Å². The smallest absolute Gasteiger partial charge is 0.194 e. The Labute approximate surface area is 76.3 Å². The third-order valence-electron chi connectivity index (χ3n) is 1.69. The van der Waals surface area contributed by atoms with E-state index in [1.165, 1.54) is 13.2 Å². The van der Waals surface area contributed by atoms with Crippen molar-refractivity contribution in [2.24, 2.45) is 0 Å².